The Morgan fingerprint density at radius 2 is 1.74 bits per heavy atom. The number of para-hydroxylation sites is 1. The third-order valence-corrected chi connectivity index (χ3v) is 4.81. The number of amides is 1. The lowest BCUT2D eigenvalue weighted by Crippen LogP contribution is -2.13. The van der Waals surface area contributed by atoms with E-state index >= 15 is 0 Å². The zero-order valence-corrected chi connectivity index (χ0v) is 16.4. The van der Waals surface area contributed by atoms with Gasteiger partial charge in [-0.05, 0) is 53.9 Å². The van der Waals surface area contributed by atoms with Crippen LogP contribution in [-0.4, -0.2) is 5.91 Å². The van der Waals surface area contributed by atoms with Crippen LogP contribution in [0.25, 0.3) is 0 Å². The van der Waals surface area contributed by atoms with Crippen molar-refractivity contribution in [1.82, 2.24) is 0 Å². The molecule has 1 amide bonds. The third-order valence-electron chi connectivity index (χ3n) is 4.25. The van der Waals surface area contributed by atoms with Crippen LogP contribution in [0.5, 0.6) is 0 Å². The highest BCUT2D eigenvalue weighted by molar-refractivity contribution is 6.35. The Labute approximate surface area is 169 Å². The van der Waals surface area contributed by atoms with E-state index in [2.05, 4.69) is 29.7 Å². The zero-order chi connectivity index (χ0) is 19.2. The van der Waals surface area contributed by atoms with Crippen molar-refractivity contribution < 1.29 is 4.79 Å². The lowest BCUT2D eigenvalue weighted by atomic mass is 10.1. The minimum Gasteiger partial charge on any atom is -0.381 e. The molecule has 0 atom stereocenters. The third kappa shape index (κ3) is 5.03. The molecule has 0 unspecified atom stereocenters. The monoisotopic (exact) mass is 398 g/mol. The Balaban J connectivity index is 1.71. The maximum Gasteiger partial charge on any atom is 0.255 e. The van der Waals surface area contributed by atoms with E-state index < -0.39 is 0 Å². The second kappa shape index (κ2) is 8.94. The number of rotatable bonds is 6. The number of hydrogen-bond acceptors (Lipinski definition) is 2. The van der Waals surface area contributed by atoms with Gasteiger partial charge >= 0.3 is 0 Å². The molecule has 0 aliphatic rings. The molecular formula is C22H20Cl2N2O. The molecule has 0 saturated heterocycles. The van der Waals surface area contributed by atoms with Crippen molar-refractivity contribution in [3.63, 3.8) is 0 Å². The summed E-state index contributed by atoms with van der Waals surface area (Å²) < 4.78 is 0. The van der Waals surface area contributed by atoms with E-state index in [4.69, 9.17) is 23.2 Å². The number of carbonyl (C=O) groups excluding carboxylic acids is 1. The normalized spacial score (nSPS) is 10.5. The smallest absolute Gasteiger partial charge is 0.255 e. The molecular weight excluding hydrogens is 379 g/mol. The number of benzene rings is 3. The Hall–Kier alpha value is -2.49. The van der Waals surface area contributed by atoms with E-state index in [0.717, 1.165) is 17.7 Å². The summed E-state index contributed by atoms with van der Waals surface area (Å²) in [6.45, 7) is 2.77. The molecule has 2 N–H and O–H groups in total. The fraction of sp³-hybridized carbons (Fsp3) is 0.136. The van der Waals surface area contributed by atoms with E-state index in [9.17, 15) is 4.79 Å². The summed E-state index contributed by atoms with van der Waals surface area (Å²) >= 11 is 12.1. The molecule has 3 nitrogen and oxygen atoms in total. The molecule has 0 aromatic heterocycles. The van der Waals surface area contributed by atoms with Crippen LogP contribution in [0.15, 0.2) is 66.7 Å². The highest BCUT2D eigenvalue weighted by Gasteiger charge is 2.10. The van der Waals surface area contributed by atoms with Gasteiger partial charge in [0.25, 0.3) is 5.91 Å². The summed E-state index contributed by atoms with van der Waals surface area (Å²) in [5, 5.41) is 7.22. The molecule has 0 heterocycles. The van der Waals surface area contributed by atoms with Crippen molar-refractivity contribution in [2.75, 3.05) is 10.6 Å². The Kier molecular flexibility index (Phi) is 6.38. The molecule has 0 saturated carbocycles. The van der Waals surface area contributed by atoms with E-state index in [0.29, 0.717) is 27.8 Å². The van der Waals surface area contributed by atoms with E-state index in [1.165, 1.54) is 5.56 Å². The number of carbonyl (C=O) groups is 1. The minimum absolute atomic E-state index is 0.227. The summed E-state index contributed by atoms with van der Waals surface area (Å²) in [5.74, 6) is -0.227. The second-order valence-corrected chi connectivity index (χ2v) is 6.99. The summed E-state index contributed by atoms with van der Waals surface area (Å²) in [6.07, 6.45) is 0.964. The van der Waals surface area contributed by atoms with Gasteiger partial charge in [0.15, 0.2) is 0 Å². The topological polar surface area (TPSA) is 41.1 Å². The SMILES string of the molecule is CCc1ccccc1NCc1cccc(C(=O)Nc2cc(Cl)ccc2Cl)c1. The van der Waals surface area contributed by atoms with Gasteiger partial charge in [-0.2, -0.15) is 0 Å². The average molecular weight is 399 g/mol. The highest BCUT2D eigenvalue weighted by Crippen LogP contribution is 2.26. The molecule has 3 aromatic carbocycles. The number of aryl methyl sites for hydroxylation is 1. The maximum atomic E-state index is 12.6. The van der Waals surface area contributed by atoms with Gasteiger partial charge in [-0.15, -0.1) is 0 Å². The molecule has 0 aliphatic heterocycles. The predicted octanol–water partition coefficient (Wildman–Crippen LogP) is 6.42. The van der Waals surface area contributed by atoms with Crippen LogP contribution < -0.4 is 10.6 Å². The van der Waals surface area contributed by atoms with Crippen LogP contribution in [0.4, 0.5) is 11.4 Å². The molecule has 5 heteroatoms. The molecule has 138 valence electrons. The average Bonchev–Trinajstić information content (AvgIpc) is 2.69. The van der Waals surface area contributed by atoms with Gasteiger partial charge in [0.05, 0.1) is 10.7 Å². The Bertz CT molecular complexity index is 957. The lowest BCUT2D eigenvalue weighted by molar-refractivity contribution is 0.102. The van der Waals surface area contributed by atoms with Crippen molar-refractivity contribution in [2.24, 2.45) is 0 Å². The van der Waals surface area contributed by atoms with Gasteiger partial charge in [0.2, 0.25) is 0 Å². The van der Waals surface area contributed by atoms with Crippen molar-refractivity contribution in [2.45, 2.75) is 19.9 Å². The Morgan fingerprint density at radius 1 is 0.926 bits per heavy atom. The van der Waals surface area contributed by atoms with Crippen LogP contribution in [0.1, 0.15) is 28.4 Å². The maximum absolute atomic E-state index is 12.6. The first-order chi connectivity index (χ1) is 13.1. The van der Waals surface area contributed by atoms with Crippen molar-refractivity contribution in [3.8, 4) is 0 Å². The summed E-state index contributed by atoms with van der Waals surface area (Å²) in [6, 6.07) is 20.7. The molecule has 0 radical (unpaired) electrons. The first-order valence-electron chi connectivity index (χ1n) is 8.74. The fourth-order valence-electron chi connectivity index (χ4n) is 2.81. The first-order valence-corrected chi connectivity index (χ1v) is 9.49. The molecule has 0 fully saturated rings. The van der Waals surface area contributed by atoms with Gasteiger partial charge < -0.3 is 10.6 Å². The van der Waals surface area contributed by atoms with Crippen LogP contribution in [0.3, 0.4) is 0 Å². The minimum atomic E-state index is -0.227. The molecule has 3 aromatic rings. The predicted molar refractivity (Wildman–Crippen MR) is 114 cm³/mol. The summed E-state index contributed by atoms with van der Waals surface area (Å²) in [5.41, 5.74) is 4.46. The number of anilines is 2. The fourth-order valence-corrected chi connectivity index (χ4v) is 3.15. The number of halogens is 2. The van der Waals surface area contributed by atoms with E-state index in [-0.39, 0.29) is 5.91 Å². The molecule has 0 aliphatic carbocycles. The highest BCUT2D eigenvalue weighted by atomic mass is 35.5. The van der Waals surface area contributed by atoms with Gasteiger partial charge in [-0.1, -0.05) is 60.5 Å². The van der Waals surface area contributed by atoms with E-state index in [1.54, 1.807) is 24.3 Å². The molecule has 27 heavy (non-hydrogen) atoms. The van der Waals surface area contributed by atoms with Crippen LogP contribution in [0, 0.1) is 0 Å². The molecule has 0 bridgehead atoms. The second-order valence-electron chi connectivity index (χ2n) is 6.14. The van der Waals surface area contributed by atoms with Crippen molar-refractivity contribution >= 4 is 40.5 Å². The van der Waals surface area contributed by atoms with Gasteiger partial charge in [0, 0.05) is 22.8 Å². The number of nitrogens with one attached hydrogen (secondary N) is 2. The Morgan fingerprint density at radius 3 is 2.56 bits per heavy atom. The first kappa shape index (κ1) is 19.3. The summed E-state index contributed by atoms with van der Waals surface area (Å²) in [7, 11) is 0. The molecule has 0 spiro atoms. The van der Waals surface area contributed by atoms with Crippen molar-refractivity contribution in [1.29, 1.82) is 0 Å². The largest absolute Gasteiger partial charge is 0.381 e. The van der Waals surface area contributed by atoms with Crippen LogP contribution in [0.2, 0.25) is 10.0 Å². The molecule has 3 rings (SSSR count). The van der Waals surface area contributed by atoms with Crippen LogP contribution in [-0.2, 0) is 13.0 Å². The zero-order valence-electron chi connectivity index (χ0n) is 14.9. The van der Waals surface area contributed by atoms with Crippen LogP contribution >= 0.6 is 23.2 Å². The number of hydrogen-bond donors (Lipinski definition) is 2. The van der Waals surface area contributed by atoms with E-state index in [1.807, 2.05) is 30.3 Å². The van der Waals surface area contributed by atoms with Gasteiger partial charge in [-0.25, -0.2) is 0 Å². The lowest BCUT2D eigenvalue weighted by Gasteiger charge is -2.12. The standard InChI is InChI=1S/C22H20Cl2N2O/c1-2-16-7-3-4-9-20(16)25-14-15-6-5-8-17(12-15)22(27)26-21-13-18(23)10-11-19(21)24/h3-13,25H,2,14H2,1H3,(H,26,27). The summed E-state index contributed by atoms with van der Waals surface area (Å²) in [4.78, 5) is 12.6. The van der Waals surface area contributed by atoms with Crippen molar-refractivity contribution in [3.05, 3.63) is 93.5 Å². The van der Waals surface area contributed by atoms with Gasteiger partial charge in [-0.3, -0.25) is 4.79 Å². The quantitative estimate of drug-likeness (QED) is 0.502. The van der Waals surface area contributed by atoms with Gasteiger partial charge in [0.1, 0.15) is 0 Å².